The van der Waals surface area contributed by atoms with Crippen molar-refractivity contribution in [2.45, 2.75) is 25.4 Å². The fourth-order valence-corrected chi connectivity index (χ4v) is 2.81. The molecule has 1 amide bonds. The van der Waals surface area contributed by atoms with E-state index in [1.54, 1.807) is 24.3 Å². The normalized spacial score (nSPS) is 11.6. The first-order valence-corrected chi connectivity index (χ1v) is 9.41. The third kappa shape index (κ3) is 5.98. The van der Waals surface area contributed by atoms with Gasteiger partial charge in [0.25, 0.3) is 0 Å². The van der Waals surface area contributed by atoms with Gasteiger partial charge in [-0.2, -0.15) is 5.21 Å². The van der Waals surface area contributed by atoms with E-state index in [9.17, 15) is 9.59 Å². The number of nitrogens with zero attached hydrogens (tertiary/aromatic N) is 3. The Morgan fingerprint density at radius 3 is 2.54 bits per heavy atom. The zero-order chi connectivity index (χ0) is 19.8. The van der Waals surface area contributed by atoms with Gasteiger partial charge in [-0.1, -0.05) is 51.5 Å². The second-order valence-corrected chi connectivity index (χ2v) is 6.93. The highest BCUT2D eigenvalue weighted by atomic mass is 79.9. The van der Waals surface area contributed by atoms with Crippen LogP contribution >= 0.6 is 15.9 Å². The minimum atomic E-state index is -0.912. The Hall–Kier alpha value is -3.07. The number of aromatic nitrogens is 4. The van der Waals surface area contributed by atoms with Crippen molar-refractivity contribution in [1.29, 1.82) is 0 Å². The maximum Gasteiger partial charge on any atom is 0.412 e. The number of carbonyl (C=O) groups excluding carboxylic acids is 2. The number of hydrogen-bond donors (Lipinski definition) is 2. The molecule has 1 aromatic heterocycles. The first kappa shape index (κ1) is 19.7. The summed E-state index contributed by atoms with van der Waals surface area (Å²) in [6.07, 6.45) is -0.846. The highest BCUT2D eigenvalue weighted by Gasteiger charge is 2.24. The van der Waals surface area contributed by atoms with E-state index in [0.717, 1.165) is 10.0 Å². The summed E-state index contributed by atoms with van der Waals surface area (Å²) in [6.45, 7) is 0. The van der Waals surface area contributed by atoms with Crippen molar-refractivity contribution >= 4 is 33.5 Å². The predicted molar refractivity (Wildman–Crippen MR) is 106 cm³/mol. The molecule has 8 nitrogen and oxygen atoms in total. The molecule has 1 atom stereocenters. The van der Waals surface area contributed by atoms with Gasteiger partial charge in [-0.25, -0.2) is 4.79 Å². The van der Waals surface area contributed by atoms with Crippen molar-refractivity contribution in [3.05, 3.63) is 70.5 Å². The zero-order valence-electron chi connectivity index (χ0n) is 14.8. The van der Waals surface area contributed by atoms with Gasteiger partial charge in [0.2, 0.25) is 0 Å². The van der Waals surface area contributed by atoms with Gasteiger partial charge in [0, 0.05) is 29.4 Å². The molecule has 1 heterocycles. The van der Waals surface area contributed by atoms with Gasteiger partial charge in [0.15, 0.2) is 17.7 Å². The number of tetrazole rings is 1. The van der Waals surface area contributed by atoms with Gasteiger partial charge in [-0.15, -0.1) is 10.2 Å². The second-order valence-electron chi connectivity index (χ2n) is 6.01. The lowest BCUT2D eigenvalue weighted by atomic mass is 10.0. The maximum absolute atomic E-state index is 12.7. The van der Waals surface area contributed by atoms with Crippen molar-refractivity contribution in [1.82, 2.24) is 20.6 Å². The summed E-state index contributed by atoms with van der Waals surface area (Å²) < 4.78 is 6.34. The Bertz CT molecular complexity index is 901. The van der Waals surface area contributed by atoms with Crippen LogP contribution < -0.4 is 5.32 Å². The van der Waals surface area contributed by atoms with Crippen molar-refractivity contribution in [2.24, 2.45) is 0 Å². The standard InChI is InChI=1S/C19H18BrN5O3/c20-14-6-8-15(9-7-14)21-19(27)28-17(12-13-4-2-1-3-5-13)16(26)10-11-18-22-24-25-23-18/h1-9,17H,10-12H2,(H,21,27)(H,22,23,24,25)/t17-/m0/s1. The number of ketones is 1. The van der Waals surface area contributed by atoms with Gasteiger partial charge < -0.3 is 4.74 Å². The molecule has 0 saturated carbocycles. The van der Waals surface area contributed by atoms with Crippen molar-refractivity contribution in [2.75, 3.05) is 5.32 Å². The Balaban J connectivity index is 1.64. The number of rotatable bonds is 8. The summed E-state index contributed by atoms with van der Waals surface area (Å²) in [5.74, 6) is 0.228. The molecule has 0 aliphatic heterocycles. The summed E-state index contributed by atoms with van der Waals surface area (Å²) in [6, 6.07) is 16.5. The number of aryl methyl sites for hydroxylation is 1. The summed E-state index contributed by atoms with van der Waals surface area (Å²) >= 11 is 3.34. The molecule has 0 aliphatic carbocycles. The predicted octanol–water partition coefficient (Wildman–Crippen LogP) is 3.32. The Labute approximate surface area is 169 Å². The number of aromatic amines is 1. The number of hydrogen-bond acceptors (Lipinski definition) is 6. The van der Waals surface area contributed by atoms with Crippen LogP contribution in [0.4, 0.5) is 10.5 Å². The average molecular weight is 444 g/mol. The molecule has 0 unspecified atom stereocenters. The number of halogens is 1. The third-order valence-corrected chi connectivity index (χ3v) is 4.48. The van der Waals surface area contributed by atoms with Crippen LogP contribution in [-0.4, -0.2) is 38.6 Å². The highest BCUT2D eigenvalue weighted by Crippen LogP contribution is 2.16. The van der Waals surface area contributed by atoms with Crippen molar-refractivity contribution in [3.8, 4) is 0 Å². The lowest BCUT2D eigenvalue weighted by Gasteiger charge is -2.17. The minimum Gasteiger partial charge on any atom is -0.438 e. The molecule has 2 N–H and O–H groups in total. The van der Waals surface area contributed by atoms with Crippen LogP contribution in [0.15, 0.2) is 59.1 Å². The van der Waals surface area contributed by atoms with E-state index in [1.807, 2.05) is 30.3 Å². The summed E-state index contributed by atoms with van der Waals surface area (Å²) in [4.78, 5) is 25.0. The Morgan fingerprint density at radius 1 is 1.11 bits per heavy atom. The van der Waals surface area contributed by atoms with Gasteiger partial charge >= 0.3 is 6.09 Å². The van der Waals surface area contributed by atoms with E-state index in [2.05, 4.69) is 41.9 Å². The molecule has 0 fully saturated rings. The molecular formula is C19H18BrN5O3. The van der Waals surface area contributed by atoms with Crippen LogP contribution in [0.3, 0.4) is 0 Å². The van der Waals surface area contributed by atoms with Crippen LogP contribution in [0.25, 0.3) is 0 Å². The van der Waals surface area contributed by atoms with Crippen LogP contribution in [0, 0.1) is 0 Å². The molecule has 0 radical (unpaired) electrons. The molecule has 3 rings (SSSR count). The fourth-order valence-electron chi connectivity index (χ4n) is 2.54. The number of anilines is 1. The second kappa shape index (κ2) is 9.75. The molecule has 28 heavy (non-hydrogen) atoms. The number of H-pyrrole nitrogens is 1. The SMILES string of the molecule is O=C(Nc1ccc(Br)cc1)O[C@@H](Cc1ccccc1)C(=O)CCc1nn[nH]n1. The summed E-state index contributed by atoms with van der Waals surface area (Å²) in [7, 11) is 0. The number of benzene rings is 2. The third-order valence-electron chi connectivity index (χ3n) is 3.95. The van der Waals surface area contributed by atoms with Gasteiger partial charge in [0.1, 0.15) is 0 Å². The van der Waals surface area contributed by atoms with E-state index in [1.165, 1.54) is 0 Å². The zero-order valence-corrected chi connectivity index (χ0v) is 16.4. The monoisotopic (exact) mass is 443 g/mol. The molecule has 9 heteroatoms. The summed E-state index contributed by atoms with van der Waals surface area (Å²) in [5, 5.41) is 16.1. The van der Waals surface area contributed by atoms with Crippen LogP contribution in [0.5, 0.6) is 0 Å². The highest BCUT2D eigenvalue weighted by molar-refractivity contribution is 9.10. The molecule has 0 saturated heterocycles. The van der Waals surface area contributed by atoms with E-state index in [4.69, 9.17) is 4.74 Å². The quantitative estimate of drug-likeness (QED) is 0.552. The molecule has 144 valence electrons. The van der Waals surface area contributed by atoms with Gasteiger partial charge in [0.05, 0.1) is 0 Å². The Morgan fingerprint density at radius 2 is 1.86 bits per heavy atom. The summed E-state index contributed by atoms with van der Waals surface area (Å²) in [5.41, 5.74) is 1.47. The van der Waals surface area contributed by atoms with Crippen LogP contribution in [0.1, 0.15) is 17.8 Å². The average Bonchev–Trinajstić information content (AvgIpc) is 3.22. The van der Waals surface area contributed by atoms with Crippen molar-refractivity contribution < 1.29 is 14.3 Å². The molecular weight excluding hydrogens is 426 g/mol. The maximum atomic E-state index is 12.7. The molecule has 0 aliphatic rings. The lowest BCUT2D eigenvalue weighted by Crippen LogP contribution is -2.32. The van der Waals surface area contributed by atoms with Gasteiger partial charge in [-0.3, -0.25) is 10.1 Å². The van der Waals surface area contributed by atoms with Crippen LogP contribution in [0.2, 0.25) is 0 Å². The Kier molecular flexibility index (Phi) is 6.85. The largest absolute Gasteiger partial charge is 0.438 e. The first-order chi connectivity index (χ1) is 13.6. The van der Waals surface area contributed by atoms with Crippen LogP contribution in [-0.2, 0) is 22.4 Å². The topological polar surface area (TPSA) is 110 Å². The van der Waals surface area contributed by atoms with E-state index < -0.39 is 12.2 Å². The minimum absolute atomic E-state index is 0.141. The van der Waals surface area contributed by atoms with Crippen molar-refractivity contribution in [3.63, 3.8) is 0 Å². The van der Waals surface area contributed by atoms with E-state index in [-0.39, 0.29) is 12.2 Å². The lowest BCUT2D eigenvalue weighted by molar-refractivity contribution is -0.127. The fraction of sp³-hybridized carbons (Fsp3) is 0.211. The molecule has 0 bridgehead atoms. The number of ether oxygens (including phenoxy) is 1. The molecule has 2 aromatic carbocycles. The van der Waals surface area contributed by atoms with Gasteiger partial charge in [-0.05, 0) is 29.8 Å². The smallest absolute Gasteiger partial charge is 0.412 e. The molecule has 3 aromatic rings. The first-order valence-electron chi connectivity index (χ1n) is 8.62. The van der Waals surface area contributed by atoms with E-state index >= 15 is 0 Å². The molecule has 0 spiro atoms. The van der Waals surface area contributed by atoms with E-state index in [0.29, 0.717) is 24.4 Å². The number of nitrogens with one attached hydrogen (secondary N) is 2. The number of carbonyl (C=O) groups is 2. The number of amides is 1. The number of Topliss-reactive ketones (excluding diaryl/α,β-unsaturated/α-hetero) is 1.